The predicted molar refractivity (Wildman–Crippen MR) is 65.7 cm³/mol. The van der Waals surface area contributed by atoms with Gasteiger partial charge >= 0.3 is 0 Å². The van der Waals surface area contributed by atoms with Gasteiger partial charge < -0.3 is 4.90 Å². The zero-order valence-electron chi connectivity index (χ0n) is 11.1. The van der Waals surface area contributed by atoms with Gasteiger partial charge in [0.25, 0.3) is 0 Å². The van der Waals surface area contributed by atoms with Gasteiger partial charge in [0, 0.05) is 19.0 Å². The maximum atomic E-state index is 11.6. The average Bonchev–Trinajstić information content (AvgIpc) is 2.14. The molecule has 0 fully saturated rings. The Morgan fingerprint density at radius 1 is 1.33 bits per heavy atom. The normalized spacial score (nSPS) is 12.4. The minimum Gasteiger partial charge on any atom is -0.341 e. The number of hydrogen-bond acceptors (Lipinski definition) is 1. The molecule has 0 spiro atoms. The Kier molecular flexibility index (Phi) is 4.57. The number of amides is 1. The third kappa shape index (κ3) is 4.06. The molecule has 0 saturated carbocycles. The minimum absolute atomic E-state index is 0.0613. The summed E-state index contributed by atoms with van der Waals surface area (Å²) >= 11 is 0. The summed E-state index contributed by atoms with van der Waals surface area (Å²) in [5.74, 6) is 0.194. The van der Waals surface area contributed by atoms with Crippen molar-refractivity contribution in [2.75, 3.05) is 7.05 Å². The minimum atomic E-state index is -0.120. The molecule has 1 amide bonds. The fraction of sp³-hybridized carbons (Fsp3) is 0.769. The zero-order chi connectivity index (χ0) is 12.3. The van der Waals surface area contributed by atoms with E-state index in [1.165, 1.54) is 0 Å². The molecule has 0 heterocycles. The molecule has 0 aromatic heterocycles. The summed E-state index contributed by atoms with van der Waals surface area (Å²) in [5, 5.41) is 0. The van der Waals surface area contributed by atoms with Gasteiger partial charge in [-0.1, -0.05) is 26.8 Å². The van der Waals surface area contributed by atoms with E-state index in [9.17, 15) is 4.79 Å². The van der Waals surface area contributed by atoms with E-state index in [1.54, 1.807) is 0 Å². The molecular weight excluding hydrogens is 186 g/mol. The molecule has 0 N–H and O–H groups in total. The van der Waals surface area contributed by atoms with Gasteiger partial charge in [0.2, 0.25) is 5.91 Å². The van der Waals surface area contributed by atoms with Crippen LogP contribution in [-0.2, 0) is 4.79 Å². The lowest BCUT2D eigenvalue weighted by molar-refractivity contribution is -0.135. The second-order valence-corrected chi connectivity index (χ2v) is 5.49. The summed E-state index contributed by atoms with van der Waals surface area (Å²) in [7, 11) is 1.88. The smallest absolute Gasteiger partial charge is 0.222 e. The van der Waals surface area contributed by atoms with Crippen LogP contribution in [0.15, 0.2) is 12.7 Å². The second kappa shape index (κ2) is 4.82. The van der Waals surface area contributed by atoms with Crippen LogP contribution in [0.3, 0.4) is 0 Å². The third-order valence-electron chi connectivity index (χ3n) is 3.03. The molecule has 0 aromatic rings. The molecular formula is C13H25NO. The van der Waals surface area contributed by atoms with Crippen LogP contribution in [0.2, 0.25) is 0 Å². The van der Waals surface area contributed by atoms with Crippen LogP contribution >= 0.6 is 0 Å². The Morgan fingerprint density at radius 3 is 2.13 bits per heavy atom. The van der Waals surface area contributed by atoms with Crippen molar-refractivity contribution in [3.05, 3.63) is 12.7 Å². The Morgan fingerprint density at radius 2 is 1.80 bits per heavy atom. The summed E-state index contributed by atoms with van der Waals surface area (Å²) in [4.78, 5) is 13.5. The first-order chi connectivity index (χ1) is 6.66. The van der Waals surface area contributed by atoms with E-state index in [0.717, 1.165) is 6.42 Å². The highest BCUT2D eigenvalue weighted by atomic mass is 16.2. The summed E-state index contributed by atoms with van der Waals surface area (Å²) in [6.07, 6.45) is 3.44. The Bertz CT molecular complexity index is 241. The van der Waals surface area contributed by atoms with Gasteiger partial charge in [-0.2, -0.15) is 0 Å². The van der Waals surface area contributed by atoms with Crippen LogP contribution in [0.1, 0.15) is 47.5 Å². The first-order valence-electron chi connectivity index (χ1n) is 5.56. The lowest BCUT2D eigenvalue weighted by Gasteiger charge is -2.40. The van der Waals surface area contributed by atoms with Gasteiger partial charge in [-0.3, -0.25) is 4.79 Å². The zero-order valence-corrected chi connectivity index (χ0v) is 11.1. The van der Waals surface area contributed by atoms with Gasteiger partial charge in [-0.05, 0) is 25.7 Å². The molecule has 0 radical (unpaired) electrons. The Hall–Kier alpha value is -0.790. The number of rotatable bonds is 5. The number of hydrogen-bond donors (Lipinski definition) is 0. The lowest BCUT2D eigenvalue weighted by atomic mass is 9.79. The molecule has 88 valence electrons. The molecule has 0 aromatic carbocycles. The highest BCUT2D eigenvalue weighted by molar-refractivity contribution is 5.76. The van der Waals surface area contributed by atoms with E-state index < -0.39 is 0 Å². The molecule has 2 heteroatoms. The van der Waals surface area contributed by atoms with Crippen LogP contribution in [-0.4, -0.2) is 23.4 Å². The lowest BCUT2D eigenvalue weighted by Crippen LogP contribution is -2.47. The van der Waals surface area contributed by atoms with E-state index in [1.807, 2.05) is 24.9 Å². The van der Waals surface area contributed by atoms with Crippen molar-refractivity contribution < 1.29 is 4.79 Å². The molecule has 0 rings (SSSR count). The maximum absolute atomic E-state index is 11.6. The molecule has 0 unspecified atom stereocenters. The molecule has 2 nitrogen and oxygen atoms in total. The standard InChI is InChI=1S/C13H25NO/c1-8-11(15)14(7)13(5,6)10-12(3,4)9-2/h9H,2,8,10H2,1,3-7H3. The van der Waals surface area contributed by atoms with Crippen LogP contribution in [0.25, 0.3) is 0 Å². The van der Waals surface area contributed by atoms with E-state index in [2.05, 4.69) is 34.3 Å². The first kappa shape index (κ1) is 14.2. The van der Waals surface area contributed by atoms with Crippen LogP contribution in [0.5, 0.6) is 0 Å². The predicted octanol–water partition coefficient (Wildman–Crippen LogP) is 3.24. The molecule has 0 bridgehead atoms. The number of allylic oxidation sites excluding steroid dienone is 1. The Labute approximate surface area is 94.4 Å². The first-order valence-corrected chi connectivity index (χ1v) is 5.56. The van der Waals surface area contributed by atoms with Gasteiger partial charge in [-0.15, -0.1) is 6.58 Å². The maximum Gasteiger partial charge on any atom is 0.222 e. The van der Waals surface area contributed by atoms with Crippen LogP contribution in [0, 0.1) is 5.41 Å². The fourth-order valence-electron chi connectivity index (χ4n) is 1.88. The summed E-state index contributed by atoms with van der Waals surface area (Å²) in [6, 6.07) is 0. The number of carbonyl (C=O) groups is 1. The molecule has 0 atom stereocenters. The van der Waals surface area contributed by atoms with E-state index >= 15 is 0 Å². The molecule has 0 aliphatic carbocycles. The van der Waals surface area contributed by atoms with Crippen molar-refractivity contribution in [2.24, 2.45) is 5.41 Å². The fourth-order valence-corrected chi connectivity index (χ4v) is 1.88. The highest BCUT2D eigenvalue weighted by Gasteiger charge is 2.32. The molecule has 0 aliphatic heterocycles. The van der Waals surface area contributed by atoms with Crippen molar-refractivity contribution in [1.82, 2.24) is 4.90 Å². The average molecular weight is 211 g/mol. The van der Waals surface area contributed by atoms with Crippen LogP contribution < -0.4 is 0 Å². The SMILES string of the molecule is C=CC(C)(C)CC(C)(C)N(C)C(=O)CC. The summed E-state index contributed by atoms with van der Waals surface area (Å²) < 4.78 is 0. The summed E-state index contributed by atoms with van der Waals surface area (Å²) in [5.41, 5.74) is -0.0590. The number of carbonyl (C=O) groups excluding carboxylic acids is 1. The van der Waals surface area contributed by atoms with Gasteiger partial charge in [0.15, 0.2) is 0 Å². The van der Waals surface area contributed by atoms with Gasteiger partial charge in [0.05, 0.1) is 0 Å². The van der Waals surface area contributed by atoms with Crippen molar-refractivity contribution in [1.29, 1.82) is 0 Å². The van der Waals surface area contributed by atoms with E-state index in [4.69, 9.17) is 0 Å². The monoisotopic (exact) mass is 211 g/mol. The molecule has 0 saturated heterocycles. The quantitative estimate of drug-likeness (QED) is 0.639. The molecule has 0 aliphatic rings. The van der Waals surface area contributed by atoms with E-state index in [0.29, 0.717) is 6.42 Å². The van der Waals surface area contributed by atoms with Gasteiger partial charge in [0.1, 0.15) is 0 Å². The van der Waals surface area contributed by atoms with Gasteiger partial charge in [-0.25, -0.2) is 0 Å². The van der Waals surface area contributed by atoms with Crippen molar-refractivity contribution >= 4 is 5.91 Å². The topological polar surface area (TPSA) is 20.3 Å². The number of nitrogens with zero attached hydrogens (tertiary/aromatic N) is 1. The Balaban J connectivity index is 4.68. The summed E-state index contributed by atoms with van der Waals surface area (Å²) in [6.45, 7) is 14.2. The third-order valence-corrected chi connectivity index (χ3v) is 3.03. The van der Waals surface area contributed by atoms with Crippen molar-refractivity contribution in [3.63, 3.8) is 0 Å². The van der Waals surface area contributed by atoms with Crippen molar-refractivity contribution in [2.45, 2.75) is 53.0 Å². The second-order valence-electron chi connectivity index (χ2n) is 5.49. The van der Waals surface area contributed by atoms with Crippen molar-refractivity contribution in [3.8, 4) is 0 Å². The van der Waals surface area contributed by atoms with E-state index in [-0.39, 0.29) is 16.9 Å². The largest absolute Gasteiger partial charge is 0.341 e. The van der Waals surface area contributed by atoms with Crippen LogP contribution in [0.4, 0.5) is 0 Å². The molecule has 15 heavy (non-hydrogen) atoms. The highest BCUT2D eigenvalue weighted by Crippen LogP contribution is 2.32.